The SMILES string of the molecule is C=C1C(c2ccc(CN3CCC(C)(F)CC3)cc2)=CC=CN1NC(N)=Nc1ccc(C(=O)N2CC(O)C2)cc1. The van der Waals surface area contributed by atoms with Gasteiger partial charge in [0.25, 0.3) is 5.91 Å². The molecule has 4 N–H and O–H groups in total. The van der Waals surface area contributed by atoms with Crippen LogP contribution in [-0.4, -0.2) is 69.7 Å². The van der Waals surface area contributed by atoms with Gasteiger partial charge in [-0.2, -0.15) is 0 Å². The van der Waals surface area contributed by atoms with Crippen LogP contribution in [0.25, 0.3) is 5.57 Å². The second-order valence-corrected chi connectivity index (χ2v) is 10.6. The molecule has 3 aliphatic rings. The number of nitrogens with one attached hydrogen (secondary N) is 1. The molecular weight excluding hydrogens is 495 g/mol. The van der Waals surface area contributed by atoms with Crippen molar-refractivity contribution in [1.82, 2.24) is 20.2 Å². The van der Waals surface area contributed by atoms with Gasteiger partial charge < -0.3 is 15.7 Å². The van der Waals surface area contributed by atoms with E-state index in [1.165, 1.54) is 5.56 Å². The molecule has 0 unspecified atom stereocenters. The molecule has 9 heteroatoms. The number of rotatable bonds is 6. The molecule has 8 nitrogen and oxygen atoms in total. The van der Waals surface area contributed by atoms with E-state index in [0.717, 1.165) is 36.5 Å². The Morgan fingerprint density at radius 3 is 2.46 bits per heavy atom. The molecular formula is C30H35FN6O2. The zero-order chi connectivity index (χ0) is 27.6. The Labute approximate surface area is 228 Å². The molecule has 0 bridgehead atoms. The second-order valence-electron chi connectivity index (χ2n) is 10.6. The van der Waals surface area contributed by atoms with Crippen molar-refractivity contribution in [3.05, 3.63) is 95.8 Å². The van der Waals surface area contributed by atoms with E-state index in [0.29, 0.717) is 37.2 Å². The third-order valence-electron chi connectivity index (χ3n) is 7.42. The number of amides is 1. The lowest BCUT2D eigenvalue weighted by Gasteiger charge is -2.35. The summed E-state index contributed by atoms with van der Waals surface area (Å²) in [6.07, 6.45) is 6.46. The van der Waals surface area contributed by atoms with Crippen LogP contribution in [0.15, 0.2) is 84.2 Å². The number of halogens is 1. The maximum atomic E-state index is 14.1. The number of hydrogen-bond donors (Lipinski definition) is 3. The normalized spacial score (nSPS) is 20.0. The first-order chi connectivity index (χ1) is 18.7. The highest BCUT2D eigenvalue weighted by Crippen LogP contribution is 2.29. The zero-order valence-electron chi connectivity index (χ0n) is 22.2. The highest BCUT2D eigenvalue weighted by atomic mass is 19.1. The molecule has 2 saturated heterocycles. The summed E-state index contributed by atoms with van der Waals surface area (Å²) in [6.45, 7) is 9.02. The number of nitrogens with zero attached hydrogens (tertiary/aromatic N) is 4. The van der Waals surface area contributed by atoms with Gasteiger partial charge in [-0.05, 0) is 61.2 Å². The fraction of sp³-hybridized carbons (Fsp3) is 0.333. The van der Waals surface area contributed by atoms with Gasteiger partial charge in [0, 0.05) is 50.1 Å². The quantitative estimate of drug-likeness (QED) is 0.389. The molecule has 1 amide bonds. The zero-order valence-corrected chi connectivity index (χ0v) is 22.2. The number of piperidine rings is 1. The Kier molecular flexibility index (Phi) is 7.54. The number of likely N-dealkylation sites (tertiary alicyclic amines) is 2. The fourth-order valence-electron chi connectivity index (χ4n) is 4.90. The Bertz CT molecular complexity index is 1300. The van der Waals surface area contributed by atoms with Crippen molar-refractivity contribution in [2.45, 2.75) is 38.1 Å². The molecule has 0 aromatic heterocycles. The number of hydrogen-bond acceptors (Lipinski definition) is 5. The standard InChI is InChI=1S/C30H35FN6O2/c1-21-27(23-7-5-22(6-8-23)18-35-16-13-30(2,31)14-17-35)4-3-15-37(21)34-29(32)33-25-11-9-24(10-12-25)28(39)36-19-26(38)20-36/h3-12,15,26,38H,1,13-14,16-20H2,2H3,(H3,32,33,34). The van der Waals surface area contributed by atoms with E-state index in [9.17, 15) is 14.3 Å². The van der Waals surface area contributed by atoms with Gasteiger partial charge in [-0.3, -0.25) is 20.1 Å². The van der Waals surface area contributed by atoms with E-state index in [1.54, 1.807) is 41.1 Å². The van der Waals surface area contributed by atoms with Crippen molar-refractivity contribution >= 4 is 23.1 Å². The first kappa shape index (κ1) is 26.6. The summed E-state index contributed by atoms with van der Waals surface area (Å²) in [5.74, 6) is 0.0631. The van der Waals surface area contributed by atoms with Gasteiger partial charge in [-0.1, -0.05) is 36.9 Å². The van der Waals surface area contributed by atoms with Crippen LogP contribution in [0, 0.1) is 0 Å². The second kappa shape index (κ2) is 11.0. The lowest BCUT2D eigenvalue weighted by molar-refractivity contribution is 0.00590. The van der Waals surface area contributed by atoms with Gasteiger partial charge in [-0.25, -0.2) is 9.38 Å². The van der Waals surface area contributed by atoms with E-state index in [2.05, 4.69) is 46.2 Å². The van der Waals surface area contributed by atoms with Crippen molar-refractivity contribution in [2.75, 3.05) is 26.2 Å². The molecule has 2 aromatic carbocycles. The molecule has 0 radical (unpaired) electrons. The van der Waals surface area contributed by atoms with Crippen LogP contribution < -0.4 is 11.2 Å². The number of benzene rings is 2. The smallest absolute Gasteiger partial charge is 0.254 e. The molecule has 0 aliphatic carbocycles. The number of allylic oxidation sites excluding steroid dienone is 3. The van der Waals surface area contributed by atoms with E-state index < -0.39 is 11.8 Å². The van der Waals surface area contributed by atoms with Crippen molar-refractivity contribution in [3.63, 3.8) is 0 Å². The minimum atomic E-state index is -1.04. The summed E-state index contributed by atoms with van der Waals surface area (Å²) >= 11 is 0. The molecule has 0 saturated carbocycles. The molecule has 5 rings (SSSR count). The number of alkyl halides is 1. The van der Waals surface area contributed by atoms with E-state index in [1.807, 2.05) is 18.4 Å². The number of carbonyl (C=O) groups is 1. The number of β-amino-alcohol motifs (C(OH)–C–C–N with tert-alkyl or cyclic N) is 1. The summed E-state index contributed by atoms with van der Waals surface area (Å²) in [6, 6.07) is 15.2. The third kappa shape index (κ3) is 6.38. The molecule has 2 fully saturated rings. The average Bonchev–Trinajstić information content (AvgIpc) is 2.90. The molecule has 0 spiro atoms. The maximum absolute atomic E-state index is 14.1. The first-order valence-electron chi connectivity index (χ1n) is 13.2. The van der Waals surface area contributed by atoms with Crippen molar-refractivity contribution in [2.24, 2.45) is 10.7 Å². The topological polar surface area (TPSA) is 97.4 Å². The van der Waals surface area contributed by atoms with Crippen LogP contribution in [0.5, 0.6) is 0 Å². The highest BCUT2D eigenvalue weighted by molar-refractivity contribution is 5.95. The van der Waals surface area contributed by atoms with Crippen LogP contribution in [0.1, 0.15) is 41.3 Å². The molecule has 204 valence electrons. The molecule has 3 aliphatic heterocycles. The van der Waals surface area contributed by atoms with E-state index in [4.69, 9.17) is 5.73 Å². The number of guanidine groups is 1. The lowest BCUT2D eigenvalue weighted by atomic mass is 9.95. The van der Waals surface area contributed by atoms with Gasteiger partial charge in [0.2, 0.25) is 5.96 Å². The Morgan fingerprint density at radius 1 is 1.15 bits per heavy atom. The van der Waals surface area contributed by atoms with Crippen LogP contribution in [0.4, 0.5) is 10.1 Å². The summed E-state index contributed by atoms with van der Waals surface area (Å²) in [5.41, 5.74) is 13.2. The molecule has 3 heterocycles. The average molecular weight is 531 g/mol. The maximum Gasteiger partial charge on any atom is 0.254 e. The summed E-state index contributed by atoms with van der Waals surface area (Å²) in [4.78, 5) is 20.7. The fourth-order valence-corrected chi connectivity index (χ4v) is 4.90. The largest absolute Gasteiger partial charge is 0.389 e. The van der Waals surface area contributed by atoms with Gasteiger partial charge >= 0.3 is 0 Å². The highest BCUT2D eigenvalue weighted by Gasteiger charge is 2.30. The number of aliphatic hydroxyl groups is 1. The number of aliphatic imine (C=N–C) groups is 1. The monoisotopic (exact) mass is 530 g/mol. The van der Waals surface area contributed by atoms with Gasteiger partial charge in [0.15, 0.2) is 0 Å². The van der Waals surface area contributed by atoms with Crippen molar-refractivity contribution in [1.29, 1.82) is 0 Å². The minimum absolute atomic E-state index is 0.111. The van der Waals surface area contributed by atoms with Crippen molar-refractivity contribution in [3.8, 4) is 0 Å². The van der Waals surface area contributed by atoms with Crippen LogP contribution in [0.3, 0.4) is 0 Å². The molecule has 39 heavy (non-hydrogen) atoms. The first-order valence-corrected chi connectivity index (χ1v) is 13.2. The minimum Gasteiger partial charge on any atom is -0.389 e. The lowest BCUT2D eigenvalue weighted by Crippen LogP contribution is -2.53. The van der Waals surface area contributed by atoms with Crippen molar-refractivity contribution < 1.29 is 14.3 Å². The predicted octanol–water partition coefficient (Wildman–Crippen LogP) is 3.70. The van der Waals surface area contributed by atoms with Gasteiger partial charge in [0.05, 0.1) is 17.5 Å². The summed E-state index contributed by atoms with van der Waals surface area (Å²) < 4.78 is 14.1. The van der Waals surface area contributed by atoms with E-state index in [-0.39, 0.29) is 11.9 Å². The van der Waals surface area contributed by atoms with Crippen LogP contribution in [0.2, 0.25) is 0 Å². The Hall–Kier alpha value is -3.95. The Morgan fingerprint density at radius 2 is 1.82 bits per heavy atom. The Balaban J connectivity index is 1.17. The van der Waals surface area contributed by atoms with E-state index >= 15 is 0 Å². The summed E-state index contributed by atoms with van der Waals surface area (Å²) in [5, 5.41) is 11.1. The number of nitrogens with two attached hydrogens (primary N) is 1. The van der Waals surface area contributed by atoms with Gasteiger partial charge in [0.1, 0.15) is 5.67 Å². The van der Waals surface area contributed by atoms with Crippen LogP contribution in [-0.2, 0) is 6.54 Å². The number of carbonyl (C=O) groups excluding carboxylic acids is 1. The van der Waals surface area contributed by atoms with Crippen LogP contribution >= 0.6 is 0 Å². The predicted molar refractivity (Wildman–Crippen MR) is 151 cm³/mol. The summed E-state index contributed by atoms with van der Waals surface area (Å²) in [7, 11) is 0. The van der Waals surface area contributed by atoms with Gasteiger partial charge in [-0.15, -0.1) is 0 Å². The molecule has 0 atom stereocenters. The molecule has 2 aromatic rings. The number of hydrazine groups is 1. The number of aliphatic hydroxyl groups excluding tert-OH is 1. The third-order valence-corrected chi connectivity index (χ3v) is 7.42.